The number of piperidine rings is 1. The summed E-state index contributed by atoms with van der Waals surface area (Å²) in [5, 5.41) is 18.2. The molecule has 11 heteroatoms. The molecule has 1 aromatic carbocycles. The Hall–Kier alpha value is -3.23. The van der Waals surface area contributed by atoms with Gasteiger partial charge in [-0.3, -0.25) is 4.98 Å². The molecule has 0 N–H and O–H groups in total. The maximum atomic E-state index is 14.4. The number of benzene rings is 1. The first-order chi connectivity index (χ1) is 16.3. The van der Waals surface area contributed by atoms with E-state index >= 15 is 0 Å². The zero-order valence-corrected chi connectivity index (χ0v) is 18.3. The maximum Gasteiger partial charge on any atom is 0.397 e. The van der Waals surface area contributed by atoms with Crippen LogP contribution in [0.1, 0.15) is 29.9 Å². The minimum atomic E-state index is -4.45. The van der Waals surface area contributed by atoms with Crippen LogP contribution in [0.25, 0.3) is 10.9 Å². The number of nitriles is 1. The number of rotatable bonds is 3. The predicted octanol–water partition coefficient (Wildman–Crippen LogP) is 3.20. The standard InChI is InChI=1S/C23H21F3N6O2/c1-31-7-8-33-17(10-31)19-29-30-20(34-19)21-11-22(21,23(24,25)26)13-32(12-21)16-5-4-14(9-27)18-15(16)3-2-6-28-18/h2-6,17H,7-8,10-13H2,1H3/t17?,21-,22-/m0/s1. The van der Waals surface area contributed by atoms with E-state index < -0.39 is 23.1 Å². The van der Waals surface area contributed by atoms with Crippen LogP contribution in [0, 0.1) is 16.7 Å². The van der Waals surface area contributed by atoms with E-state index in [9.17, 15) is 18.4 Å². The molecule has 176 valence electrons. The van der Waals surface area contributed by atoms with Crippen molar-refractivity contribution in [2.24, 2.45) is 5.41 Å². The summed E-state index contributed by atoms with van der Waals surface area (Å²) in [5.74, 6) is 0.223. The molecule has 6 rings (SSSR count). The van der Waals surface area contributed by atoms with E-state index in [4.69, 9.17) is 9.15 Å². The number of ether oxygens (including phenoxy) is 1. The van der Waals surface area contributed by atoms with Crippen LogP contribution in [0.5, 0.6) is 0 Å². The van der Waals surface area contributed by atoms with Gasteiger partial charge in [0.2, 0.25) is 11.8 Å². The summed E-state index contributed by atoms with van der Waals surface area (Å²) < 4.78 is 54.9. The highest BCUT2D eigenvalue weighted by atomic mass is 19.4. The lowest BCUT2D eigenvalue weighted by Gasteiger charge is -2.27. The first-order valence-electron chi connectivity index (χ1n) is 11.0. The van der Waals surface area contributed by atoms with Crippen LogP contribution in [0.15, 0.2) is 34.9 Å². The molecule has 2 aliphatic heterocycles. The highest BCUT2D eigenvalue weighted by Crippen LogP contribution is 2.75. The highest BCUT2D eigenvalue weighted by molar-refractivity contribution is 5.95. The molecule has 2 saturated heterocycles. The van der Waals surface area contributed by atoms with Gasteiger partial charge in [-0.1, -0.05) is 0 Å². The van der Waals surface area contributed by atoms with Crippen molar-refractivity contribution < 1.29 is 22.3 Å². The first kappa shape index (κ1) is 21.3. The molecule has 2 aromatic heterocycles. The minimum absolute atomic E-state index is 0.00947. The quantitative estimate of drug-likeness (QED) is 0.577. The summed E-state index contributed by atoms with van der Waals surface area (Å²) in [6, 6.07) is 8.88. The maximum absolute atomic E-state index is 14.4. The van der Waals surface area contributed by atoms with Gasteiger partial charge in [0.05, 0.1) is 23.1 Å². The molecule has 3 fully saturated rings. The van der Waals surface area contributed by atoms with Crippen LogP contribution in [0.4, 0.5) is 18.9 Å². The van der Waals surface area contributed by atoms with Crippen LogP contribution >= 0.6 is 0 Å². The number of morpholine rings is 1. The van der Waals surface area contributed by atoms with E-state index in [1.165, 1.54) is 0 Å². The number of pyridine rings is 1. The predicted molar refractivity (Wildman–Crippen MR) is 114 cm³/mol. The fourth-order valence-corrected chi connectivity index (χ4v) is 5.58. The summed E-state index contributed by atoms with van der Waals surface area (Å²) in [6.07, 6.45) is -3.43. The van der Waals surface area contributed by atoms with E-state index in [0.29, 0.717) is 35.3 Å². The number of anilines is 1. The van der Waals surface area contributed by atoms with Crippen molar-refractivity contribution in [3.8, 4) is 6.07 Å². The minimum Gasteiger partial charge on any atom is -0.422 e. The summed E-state index contributed by atoms with van der Waals surface area (Å²) in [7, 11) is 1.94. The van der Waals surface area contributed by atoms with Crippen LogP contribution in [-0.2, 0) is 10.2 Å². The third kappa shape index (κ3) is 2.88. The Kier molecular flexibility index (Phi) is 4.47. The third-order valence-electron chi connectivity index (χ3n) is 7.46. The van der Waals surface area contributed by atoms with Gasteiger partial charge in [-0.25, -0.2) is 0 Å². The molecule has 3 atom stereocenters. The SMILES string of the molecule is CN1CCOC(c2nnc([C@]34CN(c5ccc(C#N)c6ncccc56)C[C@@]3(C(F)(F)F)C4)o2)C1. The fourth-order valence-electron chi connectivity index (χ4n) is 5.58. The molecule has 34 heavy (non-hydrogen) atoms. The molecule has 8 nitrogen and oxygen atoms in total. The third-order valence-corrected chi connectivity index (χ3v) is 7.46. The molecule has 3 aromatic rings. The van der Waals surface area contributed by atoms with Crippen molar-refractivity contribution in [1.29, 1.82) is 5.26 Å². The summed E-state index contributed by atoms with van der Waals surface area (Å²) in [6.45, 7) is 1.64. The number of aromatic nitrogens is 3. The average molecular weight is 470 g/mol. The highest BCUT2D eigenvalue weighted by Gasteiger charge is 2.86. The first-order valence-corrected chi connectivity index (χ1v) is 11.0. The van der Waals surface area contributed by atoms with Crippen molar-refractivity contribution >= 4 is 16.6 Å². The molecule has 4 heterocycles. The van der Waals surface area contributed by atoms with Gasteiger partial charge in [0, 0.05) is 43.4 Å². The van der Waals surface area contributed by atoms with E-state index in [-0.39, 0.29) is 31.3 Å². The number of likely N-dealkylation sites (N-methyl/N-ethyl adjacent to an activating group) is 1. The lowest BCUT2D eigenvalue weighted by Crippen LogP contribution is -2.35. The monoisotopic (exact) mass is 470 g/mol. The molecular formula is C23H21F3N6O2. The zero-order valence-electron chi connectivity index (χ0n) is 18.3. The second-order valence-corrected chi connectivity index (χ2v) is 9.41. The number of halogens is 3. The zero-order chi connectivity index (χ0) is 23.7. The Balaban J connectivity index is 1.39. The molecular weight excluding hydrogens is 449 g/mol. The molecule has 1 unspecified atom stereocenters. The molecule has 1 saturated carbocycles. The van der Waals surface area contributed by atoms with Gasteiger partial charge in [-0.05, 0) is 37.7 Å². The van der Waals surface area contributed by atoms with Gasteiger partial charge in [-0.2, -0.15) is 18.4 Å². The second kappa shape index (κ2) is 7.13. The normalized spacial score (nSPS) is 29.3. The molecule has 0 amide bonds. The molecule has 1 aliphatic carbocycles. The topological polar surface area (TPSA) is 91.3 Å². The Labute approximate surface area is 192 Å². The van der Waals surface area contributed by atoms with Gasteiger partial charge in [0.25, 0.3) is 0 Å². The summed E-state index contributed by atoms with van der Waals surface area (Å²) in [4.78, 5) is 8.04. The van der Waals surface area contributed by atoms with Crippen molar-refractivity contribution in [2.45, 2.75) is 24.1 Å². The van der Waals surface area contributed by atoms with Gasteiger partial charge in [-0.15, -0.1) is 10.2 Å². The van der Waals surface area contributed by atoms with Crippen molar-refractivity contribution in [1.82, 2.24) is 20.1 Å². The largest absolute Gasteiger partial charge is 0.422 e. The van der Waals surface area contributed by atoms with Crippen molar-refractivity contribution in [3.05, 3.63) is 47.8 Å². The molecule has 3 aliphatic rings. The number of nitrogens with zero attached hydrogens (tertiary/aromatic N) is 6. The molecule has 0 spiro atoms. The Bertz CT molecular complexity index is 1320. The molecule has 0 radical (unpaired) electrons. The van der Waals surface area contributed by atoms with Gasteiger partial charge >= 0.3 is 6.18 Å². The van der Waals surface area contributed by atoms with Crippen LogP contribution in [-0.4, -0.2) is 66.1 Å². The lowest BCUT2D eigenvalue weighted by molar-refractivity contribution is -0.187. The Morgan fingerprint density at radius 3 is 2.82 bits per heavy atom. The number of alkyl halides is 3. The Morgan fingerprint density at radius 2 is 2.06 bits per heavy atom. The smallest absolute Gasteiger partial charge is 0.397 e. The lowest BCUT2D eigenvalue weighted by atomic mass is 9.95. The summed E-state index contributed by atoms with van der Waals surface area (Å²) >= 11 is 0. The van der Waals surface area contributed by atoms with Crippen molar-refractivity contribution in [3.63, 3.8) is 0 Å². The van der Waals surface area contributed by atoms with Gasteiger partial charge < -0.3 is 19.0 Å². The van der Waals surface area contributed by atoms with Crippen LogP contribution in [0.2, 0.25) is 0 Å². The van der Waals surface area contributed by atoms with E-state index in [1.54, 1.807) is 35.4 Å². The van der Waals surface area contributed by atoms with Gasteiger partial charge in [0.1, 0.15) is 17.6 Å². The second-order valence-electron chi connectivity index (χ2n) is 9.41. The number of hydrogen-bond donors (Lipinski definition) is 0. The van der Waals surface area contributed by atoms with E-state index in [1.807, 2.05) is 7.05 Å². The van der Waals surface area contributed by atoms with Crippen LogP contribution in [0.3, 0.4) is 0 Å². The number of hydrogen-bond acceptors (Lipinski definition) is 8. The Morgan fingerprint density at radius 1 is 1.21 bits per heavy atom. The fraction of sp³-hybridized carbons (Fsp3) is 0.478. The van der Waals surface area contributed by atoms with E-state index in [2.05, 4.69) is 26.2 Å². The van der Waals surface area contributed by atoms with Crippen LogP contribution < -0.4 is 4.90 Å². The number of fused-ring (bicyclic) bond motifs is 2. The van der Waals surface area contributed by atoms with E-state index in [0.717, 1.165) is 6.54 Å². The molecule has 0 bridgehead atoms. The van der Waals surface area contributed by atoms with Gasteiger partial charge in [0.15, 0.2) is 0 Å². The van der Waals surface area contributed by atoms with Crippen molar-refractivity contribution in [2.75, 3.05) is 44.7 Å². The summed E-state index contributed by atoms with van der Waals surface area (Å²) in [5.41, 5.74) is -1.84. The average Bonchev–Trinajstić information content (AvgIpc) is 3.14.